The Balaban J connectivity index is 1.36. The number of hydrogen-bond acceptors (Lipinski definition) is 8. The summed E-state index contributed by atoms with van der Waals surface area (Å²) in [5.74, 6) is 0.602. The van der Waals surface area contributed by atoms with Gasteiger partial charge in [0.2, 0.25) is 0 Å². The van der Waals surface area contributed by atoms with E-state index >= 15 is 0 Å². The van der Waals surface area contributed by atoms with E-state index in [2.05, 4.69) is 20.8 Å². The van der Waals surface area contributed by atoms with E-state index < -0.39 is 24.3 Å². The highest BCUT2D eigenvalue weighted by Crippen LogP contribution is 2.68. The molecule has 2 unspecified atom stereocenters. The predicted octanol–water partition coefficient (Wildman–Crippen LogP) is 3.82. The van der Waals surface area contributed by atoms with Crippen LogP contribution in [0.1, 0.15) is 98.3 Å². The lowest BCUT2D eigenvalue weighted by molar-refractivity contribution is -0.207. The molecule has 0 amide bonds. The van der Waals surface area contributed by atoms with Gasteiger partial charge in [-0.05, 0) is 111 Å². The summed E-state index contributed by atoms with van der Waals surface area (Å²) in [6.07, 6.45) is 6.11. The van der Waals surface area contributed by atoms with Gasteiger partial charge in [0, 0.05) is 13.3 Å². The third kappa shape index (κ3) is 5.94. The molecule has 0 saturated heterocycles. The number of carbonyl (C=O) groups is 3. The van der Waals surface area contributed by atoms with Gasteiger partial charge < -0.3 is 24.8 Å². The molecule has 3 N–H and O–H groups in total. The molecule has 8 heteroatoms. The number of hydrogen-bond donors (Lipinski definition) is 3. The van der Waals surface area contributed by atoms with Gasteiger partial charge in [0.05, 0.1) is 24.9 Å². The maximum Gasteiger partial charge on any atom is 0.306 e. The van der Waals surface area contributed by atoms with Crippen LogP contribution in [0.25, 0.3) is 0 Å². The number of aldehydes is 1. The Labute approximate surface area is 233 Å². The molecule has 0 aromatic heterocycles. The van der Waals surface area contributed by atoms with Crippen LogP contribution in [0.2, 0.25) is 0 Å². The van der Waals surface area contributed by atoms with Crippen molar-refractivity contribution in [2.24, 2.45) is 46.3 Å². The van der Waals surface area contributed by atoms with Crippen LogP contribution < -0.4 is 0 Å². The Morgan fingerprint density at radius 2 is 1.77 bits per heavy atom. The first-order chi connectivity index (χ1) is 18.4. The Hall–Kier alpha value is -1.51. The van der Waals surface area contributed by atoms with E-state index in [9.17, 15) is 29.7 Å². The summed E-state index contributed by atoms with van der Waals surface area (Å²) in [6, 6.07) is 0. The van der Waals surface area contributed by atoms with Crippen molar-refractivity contribution in [1.29, 1.82) is 0 Å². The average molecular weight is 551 g/mol. The van der Waals surface area contributed by atoms with E-state index in [-0.39, 0.29) is 65.5 Å². The smallest absolute Gasteiger partial charge is 0.306 e. The number of aliphatic hydroxyl groups excluding tert-OH is 3. The molecule has 0 spiro atoms. The Morgan fingerprint density at radius 3 is 2.46 bits per heavy atom. The van der Waals surface area contributed by atoms with Crippen LogP contribution in [0.4, 0.5) is 0 Å². The molecule has 222 valence electrons. The van der Waals surface area contributed by atoms with E-state index in [1.54, 1.807) is 0 Å². The van der Waals surface area contributed by atoms with Gasteiger partial charge in [0.1, 0.15) is 0 Å². The van der Waals surface area contributed by atoms with Crippen LogP contribution in [0, 0.1) is 46.3 Å². The van der Waals surface area contributed by atoms with Crippen molar-refractivity contribution in [2.75, 3.05) is 6.61 Å². The van der Waals surface area contributed by atoms with Crippen LogP contribution >= 0.6 is 0 Å². The minimum Gasteiger partial charge on any atom is -0.466 e. The van der Waals surface area contributed by atoms with Gasteiger partial charge in [-0.25, -0.2) is 0 Å². The second-order valence-corrected chi connectivity index (χ2v) is 13.7. The fourth-order valence-electron chi connectivity index (χ4n) is 9.56. The zero-order valence-electron chi connectivity index (χ0n) is 24.2. The Morgan fingerprint density at radius 1 is 1.03 bits per heavy atom. The van der Waals surface area contributed by atoms with Crippen molar-refractivity contribution >= 4 is 18.2 Å². The first-order valence-electron chi connectivity index (χ1n) is 15.2. The molecule has 4 saturated carbocycles. The zero-order chi connectivity index (χ0) is 28.5. The van der Waals surface area contributed by atoms with E-state index in [0.29, 0.717) is 37.9 Å². The van der Waals surface area contributed by atoms with E-state index in [1.165, 1.54) is 6.92 Å². The second kappa shape index (κ2) is 12.2. The van der Waals surface area contributed by atoms with Gasteiger partial charge >= 0.3 is 11.9 Å². The van der Waals surface area contributed by atoms with Gasteiger partial charge in [0.15, 0.2) is 12.4 Å². The molecular weight excluding hydrogens is 500 g/mol. The number of aliphatic hydroxyl groups is 3. The monoisotopic (exact) mass is 550 g/mol. The topological polar surface area (TPSA) is 130 Å². The summed E-state index contributed by atoms with van der Waals surface area (Å²) >= 11 is 0. The number of carbonyl (C=O) groups excluding carboxylic acids is 3. The van der Waals surface area contributed by atoms with Gasteiger partial charge in [-0.3, -0.25) is 14.4 Å². The van der Waals surface area contributed by atoms with Gasteiger partial charge in [-0.1, -0.05) is 20.8 Å². The highest BCUT2D eigenvalue weighted by Gasteiger charge is 2.65. The third-order valence-corrected chi connectivity index (χ3v) is 11.7. The van der Waals surface area contributed by atoms with Crippen LogP contribution in [0.15, 0.2) is 0 Å². The van der Waals surface area contributed by atoms with Crippen LogP contribution in [-0.2, 0) is 23.9 Å². The quantitative estimate of drug-likeness (QED) is 0.213. The largest absolute Gasteiger partial charge is 0.466 e. The van der Waals surface area contributed by atoms with E-state index in [0.717, 1.165) is 38.5 Å². The predicted molar refractivity (Wildman–Crippen MR) is 144 cm³/mol. The SMILES string of the molecule is CC(=O)OCCC[C@H](C=O)OC(=O)CC[C@@H](C)[C@H]1CCC2C3[C@H](O)C[C@@H]4C[C@H](O)CC[C@]4(C)[C@H]3C[C@H](O)[C@@]21C. The molecule has 0 heterocycles. The molecule has 39 heavy (non-hydrogen) atoms. The normalized spacial score (nSPS) is 42.8. The summed E-state index contributed by atoms with van der Waals surface area (Å²) in [7, 11) is 0. The lowest BCUT2D eigenvalue weighted by Crippen LogP contribution is -2.62. The van der Waals surface area contributed by atoms with Crippen LogP contribution in [0.3, 0.4) is 0 Å². The van der Waals surface area contributed by atoms with Crippen molar-refractivity contribution in [2.45, 2.75) is 123 Å². The zero-order valence-corrected chi connectivity index (χ0v) is 24.2. The summed E-state index contributed by atoms with van der Waals surface area (Å²) in [5.41, 5.74) is -0.267. The molecule has 4 rings (SSSR count). The Bertz CT molecular complexity index is 892. The maximum atomic E-state index is 12.6. The molecule has 0 aromatic carbocycles. The summed E-state index contributed by atoms with van der Waals surface area (Å²) in [4.78, 5) is 34.8. The molecule has 0 aliphatic heterocycles. The van der Waals surface area contributed by atoms with Gasteiger partial charge in [0.25, 0.3) is 0 Å². The third-order valence-electron chi connectivity index (χ3n) is 11.7. The van der Waals surface area contributed by atoms with Crippen LogP contribution in [0.5, 0.6) is 0 Å². The van der Waals surface area contributed by atoms with Crippen molar-refractivity contribution < 1.29 is 39.2 Å². The molecular formula is C31H50O8. The highest BCUT2D eigenvalue weighted by molar-refractivity contribution is 5.72. The van der Waals surface area contributed by atoms with Gasteiger partial charge in [-0.2, -0.15) is 0 Å². The van der Waals surface area contributed by atoms with Crippen molar-refractivity contribution in [3.63, 3.8) is 0 Å². The number of rotatable bonds is 10. The fraction of sp³-hybridized carbons (Fsp3) is 0.903. The molecule has 4 aliphatic rings. The molecule has 4 aliphatic carbocycles. The molecule has 8 nitrogen and oxygen atoms in total. The second-order valence-electron chi connectivity index (χ2n) is 13.7. The first kappa shape index (κ1) is 30.4. The van der Waals surface area contributed by atoms with Crippen LogP contribution in [-0.4, -0.2) is 64.6 Å². The standard InChI is InChI=1S/C31H50O8/c1-18(7-10-28(37)39-22(17-32)6-5-13-38-19(2)33)23-8-9-24-29-25(16-27(36)31(23,24)4)30(3)12-11-21(34)14-20(30)15-26(29)35/h17-18,20-27,29,34-36H,5-16H2,1-4H3/t18-,20+,21-,22-,23-,24?,25+,26-,27+,29?,30+,31-/m1/s1. The first-order valence-corrected chi connectivity index (χ1v) is 15.2. The minimum absolute atomic E-state index is 0.0478. The number of ether oxygens (including phenoxy) is 2. The molecule has 0 aromatic rings. The lowest BCUT2D eigenvalue weighted by atomic mass is 9.43. The molecule has 12 atom stereocenters. The summed E-state index contributed by atoms with van der Waals surface area (Å²) < 4.78 is 10.3. The van der Waals surface area contributed by atoms with Crippen molar-refractivity contribution in [3.05, 3.63) is 0 Å². The van der Waals surface area contributed by atoms with Gasteiger partial charge in [-0.15, -0.1) is 0 Å². The highest BCUT2D eigenvalue weighted by atomic mass is 16.5. The van der Waals surface area contributed by atoms with Crippen molar-refractivity contribution in [3.8, 4) is 0 Å². The minimum atomic E-state index is -0.840. The number of fused-ring (bicyclic) bond motifs is 5. The number of esters is 2. The Kier molecular flexibility index (Phi) is 9.49. The van der Waals surface area contributed by atoms with Crippen molar-refractivity contribution in [1.82, 2.24) is 0 Å². The molecule has 4 fully saturated rings. The van der Waals surface area contributed by atoms with E-state index in [1.807, 2.05) is 0 Å². The molecule has 0 radical (unpaired) electrons. The maximum absolute atomic E-state index is 12.6. The summed E-state index contributed by atoms with van der Waals surface area (Å²) in [5, 5.41) is 33.4. The summed E-state index contributed by atoms with van der Waals surface area (Å²) in [6.45, 7) is 8.22. The molecule has 0 bridgehead atoms. The fourth-order valence-corrected chi connectivity index (χ4v) is 9.56. The average Bonchev–Trinajstić information content (AvgIpc) is 3.24. The van der Waals surface area contributed by atoms with E-state index in [4.69, 9.17) is 9.47 Å². The lowest BCUT2D eigenvalue weighted by Gasteiger charge is -2.63.